The fourth-order valence-corrected chi connectivity index (χ4v) is 5.87. The highest BCUT2D eigenvalue weighted by Crippen LogP contribution is 2.41. The largest absolute Gasteiger partial charge is 0.479 e. The van der Waals surface area contributed by atoms with Crippen LogP contribution < -0.4 is 5.32 Å². The second-order valence-electron chi connectivity index (χ2n) is 8.37. The molecule has 7 nitrogen and oxygen atoms in total. The molecule has 1 fully saturated rings. The Morgan fingerprint density at radius 1 is 1.09 bits per heavy atom. The molecule has 2 aliphatic heterocycles. The zero-order chi connectivity index (χ0) is 23.1. The second kappa shape index (κ2) is 8.44. The monoisotopic (exact) mass is 461 g/mol. The van der Waals surface area contributed by atoms with Gasteiger partial charge in [-0.15, -0.1) is 11.8 Å². The van der Waals surface area contributed by atoms with Gasteiger partial charge in [-0.2, -0.15) is 0 Å². The minimum absolute atomic E-state index is 0.173. The van der Waals surface area contributed by atoms with Crippen LogP contribution in [0.15, 0.2) is 71.8 Å². The van der Waals surface area contributed by atoms with Gasteiger partial charge < -0.3 is 19.9 Å². The van der Waals surface area contributed by atoms with Crippen LogP contribution in [0.3, 0.4) is 0 Å². The first kappa shape index (κ1) is 21.3. The molecule has 1 saturated heterocycles. The van der Waals surface area contributed by atoms with Crippen molar-refractivity contribution in [3.8, 4) is 0 Å². The Morgan fingerprint density at radius 3 is 2.58 bits per heavy atom. The van der Waals surface area contributed by atoms with Gasteiger partial charge in [0.25, 0.3) is 0 Å². The summed E-state index contributed by atoms with van der Waals surface area (Å²) in [4.78, 5) is 39.0. The molecular weight excluding hydrogens is 438 g/mol. The number of aromatic nitrogens is 1. The van der Waals surface area contributed by atoms with E-state index in [9.17, 15) is 19.5 Å². The van der Waals surface area contributed by atoms with Crippen LogP contribution in [0.5, 0.6) is 0 Å². The number of amides is 2. The SMILES string of the molecule is Cn1cc(CC2=CS[C@@H]3C(NC(=O)Cc4ccccc4)C(=O)N3C2C(=O)O)c2ccccc21. The van der Waals surface area contributed by atoms with E-state index in [0.29, 0.717) is 12.0 Å². The minimum atomic E-state index is -1.06. The van der Waals surface area contributed by atoms with Crippen molar-refractivity contribution in [2.75, 3.05) is 0 Å². The molecule has 2 N–H and O–H groups in total. The van der Waals surface area contributed by atoms with E-state index < -0.39 is 23.4 Å². The van der Waals surface area contributed by atoms with Gasteiger partial charge in [-0.3, -0.25) is 9.59 Å². The molecule has 2 unspecified atom stereocenters. The number of nitrogens with one attached hydrogen (secondary N) is 1. The summed E-state index contributed by atoms with van der Waals surface area (Å²) in [6.45, 7) is 0. The zero-order valence-electron chi connectivity index (χ0n) is 18.0. The maximum absolute atomic E-state index is 12.9. The molecule has 0 bridgehead atoms. The molecule has 1 aromatic heterocycles. The highest BCUT2D eigenvalue weighted by Gasteiger charge is 2.55. The number of carbonyl (C=O) groups is 3. The number of aliphatic carboxylic acids is 1. The van der Waals surface area contributed by atoms with Crippen LogP contribution >= 0.6 is 11.8 Å². The summed E-state index contributed by atoms with van der Waals surface area (Å²) in [5.41, 5.74) is 3.62. The molecule has 3 heterocycles. The van der Waals surface area contributed by atoms with Gasteiger partial charge in [-0.05, 0) is 34.6 Å². The molecule has 2 amide bonds. The summed E-state index contributed by atoms with van der Waals surface area (Å²) in [6.07, 6.45) is 2.62. The fourth-order valence-electron chi connectivity index (χ4n) is 4.65. The lowest BCUT2D eigenvalue weighted by molar-refractivity contribution is -0.160. The average molecular weight is 462 g/mol. The van der Waals surface area contributed by atoms with Crippen LogP contribution in [0, 0.1) is 0 Å². The van der Waals surface area contributed by atoms with Crippen molar-refractivity contribution < 1.29 is 19.5 Å². The number of carboxylic acids is 1. The molecule has 168 valence electrons. The third kappa shape index (κ3) is 3.80. The molecule has 0 saturated carbocycles. The van der Waals surface area contributed by atoms with Crippen LogP contribution in [0.4, 0.5) is 0 Å². The third-order valence-electron chi connectivity index (χ3n) is 6.20. The van der Waals surface area contributed by atoms with Gasteiger partial charge in [0.05, 0.1) is 6.42 Å². The highest BCUT2D eigenvalue weighted by atomic mass is 32.2. The highest BCUT2D eigenvalue weighted by molar-refractivity contribution is 8.02. The van der Waals surface area contributed by atoms with Crippen molar-refractivity contribution in [2.24, 2.45) is 7.05 Å². The number of para-hydroxylation sites is 1. The topological polar surface area (TPSA) is 91.6 Å². The van der Waals surface area contributed by atoms with Gasteiger partial charge in [-0.25, -0.2) is 4.79 Å². The number of thioether (sulfide) groups is 1. The van der Waals surface area contributed by atoms with Crippen LogP contribution in [0.25, 0.3) is 10.9 Å². The van der Waals surface area contributed by atoms with E-state index in [1.54, 1.807) is 0 Å². The van der Waals surface area contributed by atoms with Crippen LogP contribution in [-0.2, 0) is 34.3 Å². The number of fused-ring (bicyclic) bond motifs is 2. The number of nitrogens with zero attached hydrogens (tertiary/aromatic N) is 2. The fraction of sp³-hybridized carbons (Fsp3) is 0.240. The molecule has 2 aliphatic rings. The Labute approximate surface area is 195 Å². The van der Waals surface area contributed by atoms with E-state index in [0.717, 1.165) is 22.0 Å². The smallest absolute Gasteiger partial charge is 0.330 e. The first-order chi connectivity index (χ1) is 15.9. The van der Waals surface area contributed by atoms with E-state index in [4.69, 9.17) is 0 Å². The number of carboxylic acid groups (broad SMARTS) is 1. The predicted molar refractivity (Wildman–Crippen MR) is 126 cm³/mol. The average Bonchev–Trinajstić information content (AvgIpc) is 3.13. The number of benzene rings is 2. The summed E-state index contributed by atoms with van der Waals surface area (Å²) in [6, 6.07) is 15.5. The maximum atomic E-state index is 12.9. The van der Waals surface area contributed by atoms with Gasteiger partial charge in [0, 0.05) is 24.1 Å². The quantitative estimate of drug-likeness (QED) is 0.551. The minimum Gasteiger partial charge on any atom is -0.479 e. The molecule has 0 aliphatic carbocycles. The Bertz CT molecular complexity index is 1280. The summed E-state index contributed by atoms with van der Waals surface area (Å²) in [7, 11) is 1.96. The summed E-state index contributed by atoms with van der Waals surface area (Å²) < 4.78 is 2.02. The van der Waals surface area contributed by atoms with Crippen molar-refractivity contribution >= 4 is 40.4 Å². The van der Waals surface area contributed by atoms with E-state index in [1.807, 2.05) is 77.8 Å². The molecule has 33 heavy (non-hydrogen) atoms. The number of rotatable bonds is 6. The normalized spacial score (nSPS) is 21.8. The van der Waals surface area contributed by atoms with Crippen molar-refractivity contribution in [1.82, 2.24) is 14.8 Å². The first-order valence-corrected chi connectivity index (χ1v) is 11.6. The number of hydrogen-bond acceptors (Lipinski definition) is 4. The molecule has 8 heteroatoms. The summed E-state index contributed by atoms with van der Waals surface area (Å²) >= 11 is 1.39. The third-order valence-corrected chi connectivity index (χ3v) is 7.42. The number of carbonyl (C=O) groups excluding carboxylic acids is 2. The first-order valence-electron chi connectivity index (χ1n) is 10.7. The Balaban J connectivity index is 1.34. The van der Waals surface area contributed by atoms with E-state index in [1.165, 1.54) is 16.7 Å². The van der Waals surface area contributed by atoms with Crippen LogP contribution in [0.1, 0.15) is 11.1 Å². The molecule has 3 atom stereocenters. The van der Waals surface area contributed by atoms with Gasteiger partial charge in [0.1, 0.15) is 11.4 Å². The molecule has 2 aromatic carbocycles. The maximum Gasteiger partial charge on any atom is 0.330 e. The van der Waals surface area contributed by atoms with Crippen LogP contribution in [0.2, 0.25) is 0 Å². The molecule has 0 radical (unpaired) electrons. The Hall–Kier alpha value is -3.52. The number of hydrogen-bond donors (Lipinski definition) is 2. The molecule has 0 spiro atoms. The van der Waals surface area contributed by atoms with E-state index >= 15 is 0 Å². The summed E-state index contributed by atoms with van der Waals surface area (Å²) in [5, 5.41) is 15.3. The van der Waals surface area contributed by atoms with Crippen molar-refractivity contribution in [2.45, 2.75) is 30.3 Å². The van der Waals surface area contributed by atoms with E-state index in [2.05, 4.69) is 5.32 Å². The molecule has 5 rings (SSSR count). The van der Waals surface area contributed by atoms with Gasteiger partial charge in [0.15, 0.2) is 6.04 Å². The van der Waals surface area contributed by atoms with E-state index in [-0.39, 0.29) is 18.2 Å². The second-order valence-corrected chi connectivity index (χ2v) is 9.36. The zero-order valence-corrected chi connectivity index (χ0v) is 18.8. The lowest BCUT2D eigenvalue weighted by Crippen LogP contribution is -2.74. The van der Waals surface area contributed by atoms with Crippen molar-refractivity contribution in [3.63, 3.8) is 0 Å². The Kier molecular flexibility index (Phi) is 5.46. The standard InChI is InChI=1S/C25H23N3O4S/c1-27-13-16(18-9-5-6-10-19(18)27)12-17-14-33-24-21(23(30)28(24)22(17)25(31)32)26-20(29)11-15-7-3-2-4-8-15/h2-10,13-14,21-22,24H,11-12H2,1H3,(H,26,29)(H,31,32)/t21?,22?,24-/m1/s1. The van der Waals surface area contributed by atoms with Crippen molar-refractivity contribution in [3.05, 3.63) is 82.9 Å². The molecule has 3 aromatic rings. The molecular formula is C25H23N3O4S. The summed E-state index contributed by atoms with van der Waals surface area (Å²) in [5.74, 6) is -1.67. The Morgan fingerprint density at radius 2 is 1.82 bits per heavy atom. The lowest BCUT2D eigenvalue weighted by atomic mass is 9.93. The van der Waals surface area contributed by atoms with Gasteiger partial charge in [-0.1, -0.05) is 48.5 Å². The van der Waals surface area contributed by atoms with Crippen molar-refractivity contribution in [1.29, 1.82) is 0 Å². The predicted octanol–water partition coefficient (Wildman–Crippen LogP) is 2.70. The lowest BCUT2D eigenvalue weighted by Gasteiger charge is -2.51. The van der Waals surface area contributed by atoms with Crippen LogP contribution in [-0.4, -0.2) is 49.8 Å². The number of β-lactam (4-membered cyclic amide) rings is 1. The number of aryl methyl sites for hydroxylation is 1. The van der Waals surface area contributed by atoms with Gasteiger partial charge in [0.2, 0.25) is 11.8 Å². The van der Waals surface area contributed by atoms with Gasteiger partial charge >= 0.3 is 5.97 Å².